The number of nitrogens with zero attached hydrogens (tertiary/aromatic N) is 1. The molecule has 116 valence electrons. The Labute approximate surface area is 128 Å². The minimum Gasteiger partial charge on any atom is -0.488 e. The fourth-order valence-electron chi connectivity index (χ4n) is 2.13. The van der Waals surface area contributed by atoms with Crippen molar-refractivity contribution in [2.24, 2.45) is 0 Å². The van der Waals surface area contributed by atoms with Gasteiger partial charge in [0.05, 0.1) is 11.3 Å². The largest absolute Gasteiger partial charge is 0.488 e. The topological polar surface area (TPSA) is 75.7 Å². The van der Waals surface area contributed by atoms with E-state index in [0.29, 0.717) is 18.8 Å². The summed E-state index contributed by atoms with van der Waals surface area (Å²) in [5, 5.41) is 2.58. The molecule has 0 heterocycles. The lowest BCUT2D eigenvalue weighted by atomic mass is 9.92. The molecule has 0 radical (unpaired) electrons. The maximum atomic E-state index is 12.5. The van der Waals surface area contributed by atoms with Gasteiger partial charge in [-0.2, -0.15) is 0 Å². The molecule has 0 saturated carbocycles. The number of amides is 1. The second kappa shape index (κ2) is 6.53. The molecule has 22 heavy (non-hydrogen) atoms. The molecule has 2 rings (SSSR count). The van der Waals surface area contributed by atoms with Gasteiger partial charge in [-0.3, -0.25) is 14.4 Å². The van der Waals surface area contributed by atoms with Crippen LogP contribution in [0.2, 0.25) is 0 Å². The molecular formula is C16H18N2O4. The fraction of sp³-hybridized carbons (Fsp3) is 0.312. The first-order valence-electron chi connectivity index (χ1n) is 6.89. The molecule has 0 aliphatic heterocycles. The zero-order chi connectivity index (χ0) is 16.3. The maximum Gasteiger partial charge on any atom is 0.230 e. The molecule has 1 aromatic carbocycles. The number of ether oxygens (including phenoxy) is 1. The van der Waals surface area contributed by atoms with Crippen LogP contribution in [-0.4, -0.2) is 49.6 Å². The molecule has 0 aromatic heterocycles. The first kappa shape index (κ1) is 15.9. The summed E-state index contributed by atoms with van der Waals surface area (Å²) < 4.78 is 5.43. The second-order valence-electron chi connectivity index (χ2n) is 5.26. The van der Waals surface area contributed by atoms with Crippen molar-refractivity contribution in [3.8, 4) is 0 Å². The summed E-state index contributed by atoms with van der Waals surface area (Å²) in [5.41, 5.74) is 0.784. The number of hydrogen-bond donors (Lipinski definition) is 1. The minimum atomic E-state index is -0.391. The Balaban J connectivity index is 2.30. The number of allylic oxidation sites excluding steroid dienone is 2. The van der Waals surface area contributed by atoms with Gasteiger partial charge in [0.1, 0.15) is 6.61 Å². The first-order valence-corrected chi connectivity index (χ1v) is 6.89. The Kier molecular flexibility index (Phi) is 4.72. The third-order valence-electron chi connectivity index (χ3n) is 3.15. The third-order valence-corrected chi connectivity index (χ3v) is 3.15. The number of carbonyl (C=O) groups is 3. The molecule has 0 atom stereocenters. The molecule has 1 aromatic rings. The number of nitrogens with one attached hydrogen (secondary N) is 1. The number of benzene rings is 1. The summed E-state index contributed by atoms with van der Waals surface area (Å²) in [6.07, 6.45) is 1.21. The van der Waals surface area contributed by atoms with Crippen LogP contribution in [0.15, 0.2) is 30.0 Å². The molecule has 6 nitrogen and oxygen atoms in total. The van der Waals surface area contributed by atoms with E-state index in [0.717, 1.165) is 0 Å². The van der Waals surface area contributed by atoms with Crippen LogP contribution in [0.5, 0.6) is 0 Å². The van der Waals surface area contributed by atoms with Crippen LogP contribution in [0.25, 0.3) is 0 Å². The van der Waals surface area contributed by atoms with Crippen molar-refractivity contribution in [3.05, 3.63) is 41.2 Å². The molecule has 1 aliphatic rings. The van der Waals surface area contributed by atoms with Crippen LogP contribution in [-0.2, 0) is 9.53 Å². The molecule has 1 amide bonds. The molecule has 6 heteroatoms. The van der Waals surface area contributed by atoms with Crippen LogP contribution in [0.1, 0.15) is 27.6 Å². The van der Waals surface area contributed by atoms with E-state index in [1.165, 1.54) is 13.0 Å². The van der Waals surface area contributed by atoms with Crippen LogP contribution in [0.3, 0.4) is 0 Å². The van der Waals surface area contributed by atoms with Crippen molar-refractivity contribution in [2.75, 3.05) is 32.6 Å². The van der Waals surface area contributed by atoms with Gasteiger partial charge >= 0.3 is 0 Å². The summed E-state index contributed by atoms with van der Waals surface area (Å²) in [6.45, 7) is 2.27. The minimum absolute atomic E-state index is 0.0113. The molecule has 1 N–H and O–H groups in total. The number of likely N-dealkylation sites (N-methyl/N-ethyl adjacent to an activating group) is 1. The molecule has 0 bridgehead atoms. The normalized spacial score (nSPS) is 13.7. The highest BCUT2D eigenvalue weighted by Gasteiger charge is 2.29. The first-order chi connectivity index (χ1) is 10.4. The predicted octanol–water partition coefficient (Wildman–Crippen LogP) is 1.49. The van der Waals surface area contributed by atoms with E-state index in [2.05, 4.69) is 5.32 Å². The van der Waals surface area contributed by atoms with E-state index in [1.807, 2.05) is 19.0 Å². The molecule has 0 unspecified atom stereocenters. The molecule has 0 saturated heterocycles. The Morgan fingerprint density at radius 2 is 2.00 bits per heavy atom. The van der Waals surface area contributed by atoms with Gasteiger partial charge in [-0.25, -0.2) is 0 Å². The van der Waals surface area contributed by atoms with E-state index in [-0.39, 0.29) is 28.6 Å². The summed E-state index contributed by atoms with van der Waals surface area (Å²) in [6, 6.07) is 4.78. The van der Waals surface area contributed by atoms with Crippen LogP contribution in [0, 0.1) is 0 Å². The SMILES string of the molecule is CC(=O)Nc1cccc2c1C(=O)C(OCCN(C)C)=CC2=O. The predicted molar refractivity (Wildman–Crippen MR) is 82.0 cm³/mol. The standard InChI is InChI=1S/C16H18N2O4/c1-10(19)17-12-6-4-5-11-13(20)9-14(16(21)15(11)12)22-8-7-18(2)3/h4-6,9H,7-8H2,1-3H3,(H,17,19). The van der Waals surface area contributed by atoms with Gasteiger partial charge in [-0.15, -0.1) is 0 Å². The highest BCUT2D eigenvalue weighted by molar-refractivity contribution is 6.26. The third kappa shape index (κ3) is 3.40. The van der Waals surface area contributed by atoms with Gasteiger partial charge in [-0.1, -0.05) is 12.1 Å². The number of ketones is 2. The summed E-state index contributed by atoms with van der Waals surface area (Å²) >= 11 is 0. The van der Waals surface area contributed by atoms with E-state index in [1.54, 1.807) is 18.2 Å². The molecule has 1 aliphatic carbocycles. The number of rotatable bonds is 5. The maximum absolute atomic E-state index is 12.5. The highest BCUT2D eigenvalue weighted by atomic mass is 16.5. The van der Waals surface area contributed by atoms with Crippen LogP contribution >= 0.6 is 0 Å². The monoisotopic (exact) mass is 302 g/mol. The van der Waals surface area contributed by atoms with Crippen molar-refractivity contribution in [3.63, 3.8) is 0 Å². The Hall–Kier alpha value is -2.47. The van der Waals surface area contributed by atoms with Gasteiger partial charge in [0, 0.05) is 25.1 Å². The Morgan fingerprint density at radius 1 is 1.27 bits per heavy atom. The van der Waals surface area contributed by atoms with E-state index in [4.69, 9.17) is 4.74 Å². The number of anilines is 1. The van der Waals surface area contributed by atoms with Gasteiger partial charge in [-0.05, 0) is 20.2 Å². The summed E-state index contributed by atoms with van der Waals surface area (Å²) in [5.74, 6) is -0.991. The number of fused-ring (bicyclic) bond motifs is 1. The zero-order valence-electron chi connectivity index (χ0n) is 12.8. The highest BCUT2D eigenvalue weighted by Crippen LogP contribution is 2.28. The summed E-state index contributed by atoms with van der Waals surface area (Å²) in [7, 11) is 3.77. The molecular weight excluding hydrogens is 284 g/mol. The van der Waals surface area contributed by atoms with Gasteiger partial charge in [0.15, 0.2) is 11.5 Å². The lowest BCUT2D eigenvalue weighted by molar-refractivity contribution is -0.114. The summed E-state index contributed by atoms with van der Waals surface area (Å²) in [4.78, 5) is 37.8. The van der Waals surface area contributed by atoms with Gasteiger partial charge in [0.25, 0.3) is 0 Å². The lowest BCUT2D eigenvalue weighted by Crippen LogP contribution is -2.24. The Morgan fingerprint density at radius 3 is 2.64 bits per heavy atom. The van der Waals surface area contributed by atoms with Crippen molar-refractivity contribution in [1.29, 1.82) is 0 Å². The van der Waals surface area contributed by atoms with Crippen LogP contribution in [0.4, 0.5) is 5.69 Å². The van der Waals surface area contributed by atoms with Gasteiger partial charge < -0.3 is 15.0 Å². The van der Waals surface area contributed by atoms with Crippen LogP contribution < -0.4 is 5.32 Å². The average molecular weight is 302 g/mol. The Bertz CT molecular complexity index is 662. The smallest absolute Gasteiger partial charge is 0.230 e. The fourth-order valence-corrected chi connectivity index (χ4v) is 2.13. The van der Waals surface area contributed by atoms with Crippen molar-refractivity contribution in [2.45, 2.75) is 6.92 Å². The zero-order valence-corrected chi connectivity index (χ0v) is 12.8. The van der Waals surface area contributed by atoms with Gasteiger partial charge in [0.2, 0.25) is 11.7 Å². The number of Topliss-reactive ketones (excluding diaryl/α,β-unsaturated/α-hetero) is 1. The van der Waals surface area contributed by atoms with Crippen molar-refractivity contribution >= 4 is 23.2 Å². The average Bonchev–Trinajstić information content (AvgIpc) is 2.43. The molecule has 0 spiro atoms. The quantitative estimate of drug-likeness (QED) is 0.891. The van der Waals surface area contributed by atoms with E-state index >= 15 is 0 Å². The molecule has 0 fully saturated rings. The van der Waals surface area contributed by atoms with E-state index in [9.17, 15) is 14.4 Å². The second-order valence-corrected chi connectivity index (χ2v) is 5.26. The van der Waals surface area contributed by atoms with E-state index < -0.39 is 5.78 Å². The lowest BCUT2D eigenvalue weighted by Gasteiger charge is -2.19. The number of carbonyl (C=O) groups excluding carboxylic acids is 3. The van der Waals surface area contributed by atoms with Crippen molar-refractivity contribution < 1.29 is 19.1 Å². The number of hydrogen-bond acceptors (Lipinski definition) is 5. The van der Waals surface area contributed by atoms with Crippen molar-refractivity contribution in [1.82, 2.24) is 4.90 Å².